The number of benzene rings is 1. The van der Waals surface area contributed by atoms with Crippen LogP contribution in [-0.2, 0) is 0 Å². The van der Waals surface area contributed by atoms with Crippen molar-refractivity contribution in [1.29, 1.82) is 0 Å². The molecule has 0 bridgehead atoms. The summed E-state index contributed by atoms with van der Waals surface area (Å²) in [7, 11) is 6.58. The molecule has 1 aromatic rings. The minimum atomic E-state index is 0.544. The molecule has 0 spiro atoms. The summed E-state index contributed by atoms with van der Waals surface area (Å²) >= 11 is 0. The maximum Gasteiger partial charge on any atom is 0.214 e. The molecular weight excluding hydrogens is 272 g/mol. The minimum Gasteiger partial charge on any atom is -0.493 e. The Morgan fingerprint density at radius 2 is 1.95 bits per heavy atom. The van der Waals surface area contributed by atoms with Crippen LogP contribution in [0.15, 0.2) is 22.2 Å². The highest BCUT2D eigenvalue weighted by atomic mass is 16.5. The van der Waals surface area contributed by atoms with Crippen LogP contribution in [0.2, 0.25) is 0 Å². The van der Waals surface area contributed by atoms with Gasteiger partial charge in [-0.05, 0) is 12.1 Å². The summed E-state index contributed by atoms with van der Waals surface area (Å²) in [4.78, 5) is 4.29. The van der Waals surface area contributed by atoms with Gasteiger partial charge in [0.25, 0.3) is 0 Å². The van der Waals surface area contributed by atoms with Crippen LogP contribution < -0.4 is 19.5 Å². The first-order valence-corrected chi connectivity index (χ1v) is 6.56. The van der Waals surface area contributed by atoms with Gasteiger partial charge in [-0.2, -0.15) is 5.10 Å². The third-order valence-electron chi connectivity index (χ3n) is 3.07. The monoisotopic (exact) mass is 292 g/mol. The smallest absolute Gasteiger partial charge is 0.214 e. The van der Waals surface area contributed by atoms with Crippen LogP contribution in [0.4, 0.5) is 0 Å². The number of nitrogens with one attached hydrogen (secondary N) is 1. The first kappa shape index (κ1) is 15.0. The molecule has 0 amide bonds. The Labute approximate surface area is 124 Å². The second-order valence-corrected chi connectivity index (χ2v) is 4.32. The van der Waals surface area contributed by atoms with Gasteiger partial charge in [-0.1, -0.05) is 0 Å². The Hall–Kier alpha value is -2.44. The lowest BCUT2D eigenvalue weighted by Crippen LogP contribution is -2.32. The molecular formula is C14H20N4O3. The first-order valence-electron chi connectivity index (χ1n) is 6.56. The fourth-order valence-electron chi connectivity index (χ4n) is 2.03. The van der Waals surface area contributed by atoms with E-state index in [1.165, 1.54) is 0 Å². The quantitative estimate of drug-likeness (QED) is 0.646. The number of ether oxygens (including phenoxy) is 3. The number of hydrogen-bond donors (Lipinski definition) is 1. The molecule has 0 fully saturated rings. The molecule has 0 saturated carbocycles. The SMILES string of the molecule is COc1ccc(C=NN(C)C2=NCCN2)c(OC)c1OC. The summed E-state index contributed by atoms with van der Waals surface area (Å²) < 4.78 is 16.0. The van der Waals surface area contributed by atoms with Gasteiger partial charge < -0.3 is 19.5 Å². The summed E-state index contributed by atoms with van der Waals surface area (Å²) in [5, 5.41) is 9.19. The Bertz CT molecular complexity index is 557. The standard InChI is InChI=1S/C14H20N4O3/c1-18(14-15-7-8-16-14)17-9-10-5-6-11(19-2)13(21-4)12(10)20-3/h5-6,9H,7-8H2,1-4H3,(H,15,16). The third-order valence-corrected chi connectivity index (χ3v) is 3.07. The Balaban J connectivity index is 2.27. The number of nitrogens with zero attached hydrogens (tertiary/aromatic N) is 3. The second kappa shape index (κ2) is 6.83. The molecule has 0 aliphatic carbocycles. The fourth-order valence-corrected chi connectivity index (χ4v) is 2.03. The molecule has 1 aliphatic heterocycles. The van der Waals surface area contributed by atoms with Gasteiger partial charge in [0.2, 0.25) is 11.7 Å². The van der Waals surface area contributed by atoms with Gasteiger partial charge in [0.05, 0.1) is 34.1 Å². The lowest BCUT2D eigenvalue weighted by atomic mass is 10.2. The van der Waals surface area contributed by atoms with Crippen molar-refractivity contribution >= 4 is 12.2 Å². The normalized spacial score (nSPS) is 13.8. The van der Waals surface area contributed by atoms with Crippen LogP contribution in [-0.4, -0.2) is 58.6 Å². The van der Waals surface area contributed by atoms with Crippen molar-refractivity contribution in [3.05, 3.63) is 17.7 Å². The lowest BCUT2D eigenvalue weighted by molar-refractivity contribution is 0.324. The highest BCUT2D eigenvalue weighted by molar-refractivity contribution is 5.88. The van der Waals surface area contributed by atoms with Crippen molar-refractivity contribution in [3.8, 4) is 17.2 Å². The molecule has 1 N–H and O–H groups in total. The Morgan fingerprint density at radius 1 is 1.19 bits per heavy atom. The predicted molar refractivity (Wildman–Crippen MR) is 81.8 cm³/mol. The number of hydrogen-bond acceptors (Lipinski definition) is 7. The van der Waals surface area contributed by atoms with E-state index in [0.29, 0.717) is 17.2 Å². The van der Waals surface area contributed by atoms with E-state index in [0.717, 1.165) is 24.6 Å². The topological polar surface area (TPSA) is 67.7 Å². The van der Waals surface area contributed by atoms with E-state index in [4.69, 9.17) is 14.2 Å². The van der Waals surface area contributed by atoms with E-state index < -0.39 is 0 Å². The van der Waals surface area contributed by atoms with Gasteiger partial charge in [0.15, 0.2) is 11.5 Å². The molecule has 0 saturated heterocycles. The molecule has 0 atom stereocenters. The molecule has 0 aromatic heterocycles. The van der Waals surface area contributed by atoms with Crippen LogP contribution >= 0.6 is 0 Å². The average Bonchev–Trinajstić information content (AvgIpc) is 3.05. The van der Waals surface area contributed by atoms with Gasteiger partial charge in [-0.25, -0.2) is 10.0 Å². The molecule has 1 heterocycles. The molecule has 7 nitrogen and oxygen atoms in total. The van der Waals surface area contributed by atoms with Crippen LogP contribution in [0.25, 0.3) is 0 Å². The third kappa shape index (κ3) is 3.18. The van der Waals surface area contributed by atoms with E-state index >= 15 is 0 Å². The number of methoxy groups -OCH3 is 3. The summed E-state index contributed by atoms with van der Waals surface area (Å²) in [5.74, 6) is 2.49. The van der Waals surface area contributed by atoms with E-state index in [2.05, 4.69) is 15.4 Å². The van der Waals surface area contributed by atoms with E-state index in [9.17, 15) is 0 Å². The van der Waals surface area contributed by atoms with Crippen LogP contribution in [0.5, 0.6) is 17.2 Å². The van der Waals surface area contributed by atoms with Gasteiger partial charge in [0.1, 0.15) is 0 Å². The van der Waals surface area contributed by atoms with Crippen LogP contribution in [0, 0.1) is 0 Å². The molecule has 114 valence electrons. The molecule has 21 heavy (non-hydrogen) atoms. The van der Waals surface area contributed by atoms with E-state index in [1.54, 1.807) is 32.6 Å². The Kier molecular flexibility index (Phi) is 4.86. The summed E-state index contributed by atoms with van der Waals surface area (Å²) in [6, 6.07) is 3.68. The summed E-state index contributed by atoms with van der Waals surface area (Å²) in [6.45, 7) is 1.61. The average molecular weight is 292 g/mol. The largest absolute Gasteiger partial charge is 0.493 e. The maximum atomic E-state index is 5.41. The molecule has 1 aliphatic rings. The zero-order chi connectivity index (χ0) is 15.2. The van der Waals surface area contributed by atoms with Crippen LogP contribution in [0.1, 0.15) is 5.56 Å². The minimum absolute atomic E-state index is 0.544. The highest BCUT2D eigenvalue weighted by Gasteiger charge is 2.15. The number of aliphatic imine (C=N–C) groups is 1. The highest BCUT2D eigenvalue weighted by Crippen LogP contribution is 2.38. The van der Waals surface area contributed by atoms with Gasteiger partial charge >= 0.3 is 0 Å². The van der Waals surface area contributed by atoms with E-state index in [-0.39, 0.29) is 0 Å². The molecule has 7 heteroatoms. The van der Waals surface area contributed by atoms with E-state index in [1.807, 2.05) is 19.2 Å². The predicted octanol–water partition coefficient (Wildman–Crippen LogP) is 0.937. The van der Waals surface area contributed by atoms with Gasteiger partial charge in [0, 0.05) is 19.2 Å². The lowest BCUT2D eigenvalue weighted by Gasteiger charge is -2.15. The van der Waals surface area contributed by atoms with Crippen molar-refractivity contribution in [2.24, 2.45) is 10.1 Å². The van der Waals surface area contributed by atoms with Gasteiger partial charge in [-0.15, -0.1) is 0 Å². The summed E-state index contributed by atoms with van der Waals surface area (Å²) in [6.07, 6.45) is 1.70. The first-order chi connectivity index (χ1) is 10.2. The molecule has 1 aromatic carbocycles. The molecule has 0 unspecified atom stereocenters. The maximum absolute atomic E-state index is 5.41. The number of guanidine groups is 1. The number of rotatable bonds is 5. The zero-order valence-corrected chi connectivity index (χ0v) is 12.7. The van der Waals surface area contributed by atoms with Crippen LogP contribution in [0.3, 0.4) is 0 Å². The molecule has 0 radical (unpaired) electrons. The van der Waals surface area contributed by atoms with Gasteiger partial charge in [-0.3, -0.25) is 0 Å². The zero-order valence-electron chi connectivity index (χ0n) is 12.7. The van der Waals surface area contributed by atoms with Crippen molar-refractivity contribution in [1.82, 2.24) is 10.3 Å². The van der Waals surface area contributed by atoms with Crippen molar-refractivity contribution in [2.75, 3.05) is 41.5 Å². The van der Waals surface area contributed by atoms with Crippen molar-refractivity contribution in [3.63, 3.8) is 0 Å². The van der Waals surface area contributed by atoms with Crippen molar-refractivity contribution < 1.29 is 14.2 Å². The number of hydrazone groups is 1. The summed E-state index contributed by atoms with van der Waals surface area (Å²) in [5.41, 5.74) is 0.792. The fraction of sp³-hybridized carbons (Fsp3) is 0.429. The second-order valence-electron chi connectivity index (χ2n) is 4.32. The Morgan fingerprint density at radius 3 is 2.52 bits per heavy atom. The van der Waals surface area contributed by atoms with Crippen molar-refractivity contribution in [2.45, 2.75) is 0 Å². The molecule has 2 rings (SSSR count).